The standard InChI is InChI=1S/C12H25NO3/c1-5-13(6-2)8-7-9-15-12(14)16-10-11(3)4/h11H,5-10H2,1-4H3. The van der Waals surface area contributed by atoms with Crippen LogP contribution in [0.15, 0.2) is 0 Å². The molecule has 0 aliphatic heterocycles. The van der Waals surface area contributed by atoms with Gasteiger partial charge in [0.15, 0.2) is 0 Å². The summed E-state index contributed by atoms with van der Waals surface area (Å²) in [6, 6.07) is 0. The Labute approximate surface area is 98.9 Å². The molecular formula is C12H25NO3. The Hall–Kier alpha value is -0.770. The van der Waals surface area contributed by atoms with E-state index in [4.69, 9.17) is 9.47 Å². The lowest BCUT2D eigenvalue weighted by Gasteiger charge is -2.17. The van der Waals surface area contributed by atoms with Gasteiger partial charge in [0.25, 0.3) is 0 Å². The molecule has 4 nitrogen and oxygen atoms in total. The van der Waals surface area contributed by atoms with Gasteiger partial charge in [-0.1, -0.05) is 27.7 Å². The lowest BCUT2D eigenvalue weighted by molar-refractivity contribution is 0.0452. The number of hydrogen-bond donors (Lipinski definition) is 0. The maximum absolute atomic E-state index is 11.1. The zero-order chi connectivity index (χ0) is 12.4. The minimum atomic E-state index is -0.548. The van der Waals surface area contributed by atoms with Crippen molar-refractivity contribution in [2.75, 3.05) is 32.8 Å². The Morgan fingerprint density at radius 2 is 1.81 bits per heavy atom. The van der Waals surface area contributed by atoms with Gasteiger partial charge in [0.2, 0.25) is 0 Å². The van der Waals surface area contributed by atoms with Gasteiger partial charge in [-0.3, -0.25) is 0 Å². The second-order valence-electron chi connectivity index (χ2n) is 4.18. The largest absolute Gasteiger partial charge is 0.508 e. The Balaban J connectivity index is 3.40. The van der Waals surface area contributed by atoms with E-state index >= 15 is 0 Å². The van der Waals surface area contributed by atoms with Crippen LogP contribution in [0.3, 0.4) is 0 Å². The van der Waals surface area contributed by atoms with Crippen molar-refractivity contribution in [2.45, 2.75) is 34.1 Å². The van der Waals surface area contributed by atoms with E-state index in [2.05, 4.69) is 18.7 Å². The number of hydrogen-bond acceptors (Lipinski definition) is 4. The predicted octanol–water partition coefficient (Wildman–Crippen LogP) is 2.53. The average molecular weight is 231 g/mol. The molecule has 0 aliphatic rings. The van der Waals surface area contributed by atoms with Crippen LogP contribution in [0.5, 0.6) is 0 Å². The second kappa shape index (κ2) is 9.46. The van der Waals surface area contributed by atoms with Crippen LogP contribution >= 0.6 is 0 Å². The van der Waals surface area contributed by atoms with Crippen LogP contribution in [-0.4, -0.2) is 43.9 Å². The van der Waals surface area contributed by atoms with Crippen molar-refractivity contribution in [2.24, 2.45) is 5.92 Å². The molecular weight excluding hydrogens is 206 g/mol. The molecule has 0 aromatic heterocycles. The Kier molecular flexibility index (Phi) is 9.00. The highest BCUT2D eigenvalue weighted by Gasteiger charge is 2.05. The maximum atomic E-state index is 11.1. The summed E-state index contributed by atoms with van der Waals surface area (Å²) >= 11 is 0. The third-order valence-electron chi connectivity index (χ3n) is 2.27. The summed E-state index contributed by atoms with van der Waals surface area (Å²) in [6.07, 6.45) is 0.312. The molecule has 0 aromatic carbocycles. The summed E-state index contributed by atoms with van der Waals surface area (Å²) in [5.74, 6) is 0.350. The zero-order valence-electron chi connectivity index (χ0n) is 11.0. The Morgan fingerprint density at radius 3 is 2.31 bits per heavy atom. The van der Waals surface area contributed by atoms with Gasteiger partial charge in [-0.25, -0.2) is 4.79 Å². The number of carbonyl (C=O) groups excluding carboxylic acids is 1. The lowest BCUT2D eigenvalue weighted by Crippen LogP contribution is -2.25. The Morgan fingerprint density at radius 1 is 1.19 bits per heavy atom. The highest BCUT2D eigenvalue weighted by atomic mass is 16.7. The molecule has 0 unspecified atom stereocenters. The topological polar surface area (TPSA) is 38.8 Å². The highest BCUT2D eigenvalue weighted by Crippen LogP contribution is 1.96. The van der Waals surface area contributed by atoms with Gasteiger partial charge in [-0.15, -0.1) is 0 Å². The number of ether oxygens (including phenoxy) is 2. The molecule has 0 rings (SSSR count). The summed E-state index contributed by atoms with van der Waals surface area (Å²) in [5.41, 5.74) is 0. The van der Waals surface area contributed by atoms with Crippen LogP contribution in [0.1, 0.15) is 34.1 Å². The molecule has 0 radical (unpaired) electrons. The fourth-order valence-corrected chi connectivity index (χ4v) is 1.26. The van der Waals surface area contributed by atoms with Gasteiger partial charge < -0.3 is 14.4 Å². The van der Waals surface area contributed by atoms with Crippen LogP contribution in [0.4, 0.5) is 4.79 Å². The summed E-state index contributed by atoms with van der Waals surface area (Å²) < 4.78 is 9.83. The summed E-state index contributed by atoms with van der Waals surface area (Å²) in [7, 11) is 0. The van der Waals surface area contributed by atoms with Gasteiger partial charge in [0.1, 0.15) is 0 Å². The van der Waals surface area contributed by atoms with Gasteiger partial charge in [-0.05, 0) is 25.4 Å². The highest BCUT2D eigenvalue weighted by molar-refractivity contribution is 5.59. The molecule has 0 spiro atoms. The van der Waals surface area contributed by atoms with Crippen LogP contribution in [0.2, 0.25) is 0 Å². The molecule has 0 saturated carbocycles. The van der Waals surface area contributed by atoms with E-state index in [-0.39, 0.29) is 0 Å². The zero-order valence-corrected chi connectivity index (χ0v) is 11.0. The Bertz CT molecular complexity index is 179. The van der Waals surface area contributed by atoms with Crippen LogP contribution in [0, 0.1) is 5.92 Å². The SMILES string of the molecule is CCN(CC)CCCOC(=O)OCC(C)C. The molecule has 0 N–H and O–H groups in total. The van der Waals surface area contributed by atoms with E-state index in [1.807, 2.05) is 13.8 Å². The molecule has 0 saturated heterocycles. The van der Waals surface area contributed by atoms with E-state index < -0.39 is 6.16 Å². The first-order valence-electron chi connectivity index (χ1n) is 6.12. The molecule has 96 valence electrons. The fraction of sp³-hybridized carbons (Fsp3) is 0.917. The third-order valence-corrected chi connectivity index (χ3v) is 2.27. The first-order chi connectivity index (χ1) is 7.60. The van der Waals surface area contributed by atoms with Crippen molar-refractivity contribution in [3.63, 3.8) is 0 Å². The summed E-state index contributed by atoms with van der Waals surface area (Å²) in [4.78, 5) is 13.4. The van der Waals surface area contributed by atoms with Crippen molar-refractivity contribution in [3.05, 3.63) is 0 Å². The third kappa shape index (κ3) is 8.53. The van der Waals surface area contributed by atoms with Crippen molar-refractivity contribution >= 4 is 6.16 Å². The van der Waals surface area contributed by atoms with Gasteiger partial charge >= 0.3 is 6.16 Å². The number of carbonyl (C=O) groups is 1. The lowest BCUT2D eigenvalue weighted by atomic mass is 10.2. The van der Waals surface area contributed by atoms with Gasteiger partial charge in [0, 0.05) is 6.54 Å². The number of rotatable bonds is 8. The molecule has 0 aromatic rings. The molecule has 0 atom stereocenters. The maximum Gasteiger partial charge on any atom is 0.508 e. The first kappa shape index (κ1) is 15.2. The summed E-state index contributed by atoms with van der Waals surface area (Å²) in [5, 5.41) is 0. The van der Waals surface area contributed by atoms with Crippen molar-refractivity contribution in [3.8, 4) is 0 Å². The molecule has 0 aliphatic carbocycles. The second-order valence-corrected chi connectivity index (χ2v) is 4.18. The molecule has 16 heavy (non-hydrogen) atoms. The quantitative estimate of drug-likeness (QED) is 0.475. The van der Waals surface area contributed by atoms with E-state index in [0.717, 1.165) is 26.1 Å². The van der Waals surface area contributed by atoms with Gasteiger partial charge in [0.05, 0.1) is 13.2 Å². The molecule has 0 fully saturated rings. The normalized spacial score (nSPS) is 10.9. The summed E-state index contributed by atoms with van der Waals surface area (Å²) in [6.45, 7) is 12.1. The van der Waals surface area contributed by atoms with E-state index in [1.165, 1.54) is 0 Å². The van der Waals surface area contributed by atoms with Crippen molar-refractivity contribution in [1.82, 2.24) is 4.90 Å². The molecule has 0 amide bonds. The predicted molar refractivity (Wildman–Crippen MR) is 64.5 cm³/mol. The molecule has 0 heterocycles. The monoisotopic (exact) mass is 231 g/mol. The molecule has 0 bridgehead atoms. The minimum Gasteiger partial charge on any atom is -0.434 e. The van der Waals surface area contributed by atoms with E-state index in [0.29, 0.717) is 19.1 Å². The average Bonchev–Trinajstić information content (AvgIpc) is 2.26. The smallest absolute Gasteiger partial charge is 0.434 e. The van der Waals surface area contributed by atoms with Crippen LogP contribution in [-0.2, 0) is 9.47 Å². The van der Waals surface area contributed by atoms with E-state index in [9.17, 15) is 4.79 Å². The van der Waals surface area contributed by atoms with Crippen molar-refractivity contribution in [1.29, 1.82) is 0 Å². The van der Waals surface area contributed by atoms with Crippen molar-refractivity contribution < 1.29 is 14.3 Å². The first-order valence-corrected chi connectivity index (χ1v) is 6.12. The van der Waals surface area contributed by atoms with Crippen LogP contribution < -0.4 is 0 Å². The molecule has 4 heteroatoms. The fourth-order valence-electron chi connectivity index (χ4n) is 1.26. The number of nitrogens with zero attached hydrogens (tertiary/aromatic N) is 1. The van der Waals surface area contributed by atoms with Gasteiger partial charge in [-0.2, -0.15) is 0 Å². The van der Waals surface area contributed by atoms with E-state index in [1.54, 1.807) is 0 Å². The minimum absolute atomic E-state index is 0.350. The van der Waals surface area contributed by atoms with Crippen LogP contribution in [0.25, 0.3) is 0 Å².